The molecular formula is C19H23FN2O3. The molecule has 0 saturated carbocycles. The third-order valence-electron chi connectivity index (χ3n) is 4.42. The van der Waals surface area contributed by atoms with Crippen LogP contribution in [0.25, 0.3) is 0 Å². The Hall–Kier alpha value is -2.37. The number of hydrogen-bond donors (Lipinski definition) is 0. The molecule has 2 aromatic rings. The average Bonchev–Trinajstić information content (AvgIpc) is 3.10. The van der Waals surface area contributed by atoms with Crippen LogP contribution >= 0.6 is 0 Å². The van der Waals surface area contributed by atoms with Gasteiger partial charge in [0.2, 0.25) is 5.76 Å². The largest absolute Gasteiger partial charge is 0.493 e. The van der Waals surface area contributed by atoms with Gasteiger partial charge in [0.05, 0.1) is 12.3 Å². The van der Waals surface area contributed by atoms with Crippen molar-refractivity contribution in [1.29, 1.82) is 0 Å². The number of halogens is 1. The van der Waals surface area contributed by atoms with Gasteiger partial charge in [-0.25, -0.2) is 4.39 Å². The number of nitrogens with zero attached hydrogens (tertiary/aromatic N) is 2. The first-order valence-corrected chi connectivity index (χ1v) is 8.67. The maximum Gasteiger partial charge on any atom is 0.292 e. The van der Waals surface area contributed by atoms with Gasteiger partial charge in [-0.3, -0.25) is 4.79 Å². The zero-order valence-electron chi connectivity index (χ0n) is 14.6. The van der Waals surface area contributed by atoms with Crippen LogP contribution in [-0.4, -0.2) is 35.7 Å². The molecule has 1 fully saturated rings. The van der Waals surface area contributed by atoms with E-state index < -0.39 is 0 Å². The Labute approximate surface area is 146 Å². The minimum Gasteiger partial charge on any atom is -0.493 e. The molecule has 6 heteroatoms. The first-order chi connectivity index (χ1) is 12.0. The third kappa shape index (κ3) is 4.38. The second kappa shape index (κ2) is 7.68. The lowest BCUT2D eigenvalue weighted by Gasteiger charge is -2.32. The molecule has 0 aliphatic carbocycles. The van der Waals surface area contributed by atoms with Gasteiger partial charge >= 0.3 is 0 Å². The molecule has 2 heterocycles. The molecule has 25 heavy (non-hydrogen) atoms. The van der Waals surface area contributed by atoms with E-state index in [4.69, 9.17) is 9.26 Å². The fourth-order valence-electron chi connectivity index (χ4n) is 2.97. The van der Waals surface area contributed by atoms with Gasteiger partial charge in [0.25, 0.3) is 5.91 Å². The molecule has 134 valence electrons. The van der Waals surface area contributed by atoms with E-state index in [-0.39, 0.29) is 29.3 Å². The fourth-order valence-corrected chi connectivity index (χ4v) is 2.97. The molecule has 3 rings (SSSR count). The number of piperidine rings is 1. The predicted octanol–water partition coefficient (Wildman–Crippen LogP) is 3.87. The predicted molar refractivity (Wildman–Crippen MR) is 91.1 cm³/mol. The van der Waals surface area contributed by atoms with Crippen molar-refractivity contribution in [3.63, 3.8) is 0 Å². The molecule has 1 aromatic heterocycles. The van der Waals surface area contributed by atoms with Gasteiger partial charge in [0.1, 0.15) is 11.6 Å². The topological polar surface area (TPSA) is 55.6 Å². The van der Waals surface area contributed by atoms with Crippen LogP contribution in [-0.2, 0) is 0 Å². The summed E-state index contributed by atoms with van der Waals surface area (Å²) in [5, 5.41) is 3.95. The molecule has 1 aliphatic rings. The van der Waals surface area contributed by atoms with Crippen LogP contribution in [0.15, 0.2) is 34.9 Å². The number of aromatic nitrogens is 1. The van der Waals surface area contributed by atoms with E-state index in [9.17, 15) is 9.18 Å². The molecule has 1 saturated heterocycles. The summed E-state index contributed by atoms with van der Waals surface area (Å²) in [5.41, 5.74) is 0.784. The van der Waals surface area contributed by atoms with E-state index in [1.54, 1.807) is 23.1 Å². The second-order valence-electron chi connectivity index (χ2n) is 6.80. The van der Waals surface area contributed by atoms with Gasteiger partial charge in [-0.05, 0) is 30.9 Å². The van der Waals surface area contributed by atoms with Gasteiger partial charge in [-0.1, -0.05) is 25.1 Å². The number of ether oxygens (including phenoxy) is 1. The molecule has 1 aromatic carbocycles. The first-order valence-electron chi connectivity index (χ1n) is 8.67. The standard InChI is InChI=1S/C19H23FN2O3/c1-13(2)17-10-18(25-21-17)19(23)22-8-4-5-14(11-22)12-24-16-7-3-6-15(20)9-16/h3,6-7,9-10,13-14H,4-5,8,11-12H2,1-2H3/t14-/m1/s1. The summed E-state index contributed by atoms with van der Waals surface area (Å²) >= 11 is 0. The van der Waals surface area contributed by atoms with Crippen molar-refractivity contribution in [3.8, 4) is 5.75 Å². The summed E-state index contributed by atoms with van der Waals surface area (Å²) in [6, 6.07) is 7.83. The Morgan fingerprint density at radius 2 is 2.28 bits per heavy atom. The summed E-state index contributed by atoms with van der Waals surface area (Å²) in [6.45, 7) is 5.78. The zero-order valence-corrected chi connectivity index (χ0v) is 14.6. The summed E-state index contributed by atoms with van der Waals surface area (Å²) in [5.74, 6) is 0.794. The van der Waals surface area contributed by atoms with Crippen molar-refractivity contribution in [2.24, 2.45) is 5.92 Å². The van der Waals surface area contributed by atoms with E-state index in [0.717, 1.165) is 18.5 Å². The normalized spacial score (nSPS) is 17.8. The van der Waals surface area contributed by atoms with Gasteiger partial charge in [0.15, 0.2) is 0 Å². The maximum absolute atomic E-state index is 13.2. The lowest BCUT2D eigenvalue weighted by molar-refractivity contribution is 0.0593. The Bertz CT molecular complexity index is 729. The highest BCUT2D eigenvalue weighted by molar-refractivity contribution is 5.91. The van der Waals surface area contributed by atoms with Crippen molar-refractivity contribution in [3.05, 3.63) is 47.6 Å². The number of hydrogen-bond acceptors (Lipinski definition) is 4. The molecule has 0 spiro atoms. The zero-order chi connectivity index (χ0) is 17.8. The number of rotatable bonds is 5. The monoisotopic (exact) mass is 346 g/mol. The van der Waals surface area contributed by atoms with Gasteiger partial charge < -0.3 is 14.2 Å². The fraction of sp³-hybridized carbons (Fsp3) is 0.474. The number of likely N-dealkylation sites (tertiary alicyclic amines) is 1. The van der Waals surface area contributed by atoms with E-state index >= 15 is 0 Å². The van der Waals surface area contributed by atoms with Crippen LogP contribution in [0.5, 0.6) is 5.75 Å². The van der Waals surface area contributed by atoms with Crippen molar-refractivity contribution < 1.29 is 18.4 Å². The number of carbonyl (C=O) groups excluding carboxylic acids is 1. The minimum atomic E-state index is -0.316. The molecule has 0 radical (unpaired) electrons. The van der Waals surface area contributed by atoms with Crippen LogP contribution in [0.4, 0.5) is 4.39 Å². The Balaban J connectivity index is 1.57. The number of amides is 1. The van der Waals surface area contributed by atoms with E-state index in [1.165, 1.54) is 12.1 Å². The summed E-state index contributed by atoms with van der Waals surface area (Å²) < 4.78 is 24.1. The Kier molecular flexibility index (Phi) is 5.36. The molecule has 0 unspecified atom stereocenters. The van der Waals surface area contributed by atoms with Crippen molar-refractivity contribution >= 4 is 5.91 Å². The number of carbonyl (C=O) groups is 1. The molecular weight excluding hydrogens is 323 g/mol. The van der Waals surface area contributed by atoms with Crippen molar-refractivity contribution in [1.82, 2.24) is 10.1 Å². The van der Waals surface area contributed by atoms with E-state index in [0.29, 0.717) is 25.4 Å². The van der Waals surface area contributed by atoms with Crippen LogP contribution < -0.4 is 4.74 Å². The lowest BCUT2D eigenvalue weighted by atomic mass is 9.98. The molecule has 0 N–H and O–H groups in total. The molecule has 1 aliphatic heterocycles. The van der Waals surface area contributed by atoms with E-state index in [1.807, 2.05) is 13.8 Å². The highest BCUT2D eigenvalue weighted by atomic mass is 19.1. The van der Waals surface area contributed by atoms with Gasteiger partial charge in [-0.15, -0.1) is 0 Å². The molecule has 1 amide bonds. The smallest absolute Gasteiger partial charge is 0.292 e. The van der Waals surface area contributed by atoms with Crippen molar-refractivity contribution in [2.75, 3.05) is 19.7 Å². The SMILES string of the molecule is CC(C)c1cc(C(=O)N2CCC[C@@H](COc3cccc(F)c3)C2)on1. The van der Waals surface area contributed by atoms with Gasteiger partial charge in [0, 0.05) is 31.1 Å². The highest BCUT2D eigenvalue weighted by Gasteiger charge is 2.27. The van der Waals surface area contributed by atoms with Gasteiger partial charge in [-0.2, -0.15) is 0 Å². The summed E-state index contributed by atoms with van der Waals surface area (Å²) in [6.07, 6.45) is 1.89. The third-order valence-corrected chi connectivity index (χ3v) is 4.42. The lowest BCUT2D eigenvalue weighted by Crippen LogP contribution is -2.41. The van der Waals surface area contributed by atoms with Crippen LogP contribution in [0.3, 0.4) is 0 Å². The van der Waals surface area contributed by atoms with Crippen LogP contribution in [0.1, 0.15) is 48.9 Å². The number of benzene rings is 1. The maximum atomic E-state index is 13.2. The quantitative estimate of drug-likeness (QED) is 0.825. The molecule has 5 nitrogen and oxygen atoms in total. The molecule has 1 atom stereocenters. The summed E-state index contributed by atoms with van der Waals surface area (Å²) in [4.78, 5) is 14.4. The first kappa shape index (κ1) is 17.5. The second-order valence-corrected chi connectivity index (χ2v) is 6.80. The van der Waals surface area contributed by atoms with Crippen LogP contribution in [0.2, 0.25) is 0 Å². The Morgan fingerprint density at radius 1 is 1.44 bits per heavy atom. The Morgan fingerprint density at radius 3 is 3.00 bits per heavy atom. The van der Waals surface area contributed by atoms with Crippen LogP contribution in [0, 0.1) is 11.7 Å². The van der Waals surface area contributed by atoms with Crippen molar-refractivity contribution in [2.45, 2.75) is 32.6 Å². The average molecular weight is 346 g/mol. The minimum absolute atomic E-state index is 0.130. The highest BCUT2D eigenvalue weighted by Crippen LogP contribution is 2.22. The summed E-state index contributed by atoms with van der Waals surface area (Å²) in [7, 11) is 0. The molecule has 0 bridgehead atoms. The van der Waals surface area contributed by atoms with E-state index in [2.05, 4.69) is 5.16 Å².